The first kappa shape index (κ1) is 17.8. The number of carbonyl (C=O) groups excluding carboxylic acids is 1. The minimum Gasteiger partial charge on any atom is -0.496 e. The third-order valence-corrected chi connectivity index (χ3v) is 3.84. The summed E-state index contributed by atoms with van der Waals surface area (Å²) in [6.07, 6.45) is -3.92. The molecular weight excluding hydrogens is 349 g/mol. The Hall–Kier alpha value is -3.03. The van der Waals surface area contributed by atoms with Gasteiger partial charge >= 0.3 is 12.1 Å². The maximum Gasteiger partial charge on any atom is 0.434 e. The van der Waals surface area contributed by atoms with Crippen molar-refractivity contribution in [2.45, 2.75) is 13.1 Å². The van der Waals surface area contributed by atoms with Crippen molar-refractivity contribution in [2.75, 3.05) is 13.7 Å². The first-order valence-corrected chi connectivity index (χ1v) is 7.77. The van der Waals surface area contributed by atoms with Crippen molar-refractivity contribution >= 4 is 16.7 Å². The first-order chi connectivity index (χ1) is 12.4. The summed E-state index contributed by atoms with van der Waals surface area (Å²) < 4.78 is 51.7. The molecule has 0 atom stereocenters. The van der Waals surface area contributed by atoms with Crippen LogP contribution in [0.5, 0.6) is 5.75 Å². The molecule has 0 aliphatic heterocycles. The summed E-state index contributed by atoms with van der Waals surface area (Å²) >= 11 is 0. The summed E-state index contributed by atoms with van der Waals surface area (Å²) in [5.74, 6) is -0.542. The average Bonchev–Trinajstić information content (AvgIpc) is 3.06. The van der Waals surface area contributed by atoms with Crippen molar-refractivity contribution in [1.82, 2.24) is 9.78 Å². The number of ether oxygens (including phenoxy) is 2. The fraction of sp³-hybridized carbons (Fsp3) is 0.222. The summed E-state index contributed by atoms with van der Waals surface area (Å²) in [7, 11) is 1.48. The van der Waals surface area contributed by atoms with Crippen LogP contribution in [0.2, 0.25) is 0 Å². The van der Waals surface area contributed by atoms with Crippen molar-refractivity contribution in [3.05, 3.63) is 53.9 Å². The lowest BCUT2D eigenvalue weighted by Gasteiger charge is -2.15. The van der Waals surface area contributed by atoms with Crippen LogP contribution in [0.15, 0.2) is 42.6 Å². The molecule has 1 heterocycles. The molecule has 2 aromatic carbocycles. The lowest BCUT2D eigenvalue weighted by atomic mass is 10.1. The fourth-order valence-electron chi connectivity index (χ4n) is 2.79. The van der Waals surface area contributed by atoms with E-state index in [-0.39, 0.29) is 12.3 Å². The van der Waals surface area contributed by atoms with Gasteiger partial charge in [0.2, 0.25) is 0 Å². The highest BCUT2D eigenvalue weighted by atomic mass is 19.4. The molecule has 0 aliphatic rings. The van der Waals surface area contributed by atoms with Gasteiger partial charge in [0, 0.05) is 10.8 Å². The van der Waals surface area contributed by atoms with Gasteiger partial charge in [-0.1, -0.05) is 24.3 Å². The standard InChI is InChI=1S/C18H15F3N2O3/c1-3-26-17(24)13-10-22-23(16(13)18(19,20)21)14-8-4-7-12-11(14)6-5-9-15(12)25-2/h4-10H,3H2,1-2H3. The summed E-state index contributed by atoms with van der Waals surface area (Å²) in [5.41, 5.74) is -1.62. The van der Waals surface area contributed by atoms with Gasteiger partial charge in [-0.25, -0.2) is 9.48 Å². The van der Waals surface area contributed by atoms with Crippen molar-refractivity contribution in [2.24, 2.45) is 0 Å². The normalized spacial score (nSPS) is 11.6. The topological polar surface area (TPSA) is 53.3 Å². The van der Waals surface area contributed by atoms with Crippen LogP contribution in [0.4, 0.5) is 13.2 Å². The van der Waals surface area contributed by atoms with E-state index in [4.69, 9.17) is 9.47 Å². The number of halogens is 3. The number of aromatic nitrogens is 2. The number of hydrogen-bond acceptors (Lipinski definition) is 4. The Morgan fingerprint density at radius 3 is 2.50 bits per heavy atom. The predicted octanol–water partition coefficient (Wildman–Crippen LogP) is 4.23. The highest BCUT2D eigenvalue weighted by molar-refractivity contribution is 5.95. The zero-order valence-corrected chi connectivity index (χ0v) is 14.0. The SMILES string of the molecule is CCOC(=O)c1cnn(-c2cccc3c(OC)cccc23)c1C(F)(F)F. The fourth-order valence-corrected chi connectivity index (χ4v) is 2.79. The van der Waals surface area contributed by atoms with Gasteiger partial charge in [-0.3, -0.25) is 0 Å². The number of benzene rings is 2. The van der Waals surface area contributed by atoms with Gasteiger partial charge < -0.3 is 9.47 Å². The number of nitrogens with zero attached hydrogens (tertiary/aromatic N) is 2. The molecule has 26 heavy (non-hydrogen) atoms. The molecule has 8 heteroatoms. The number of carbonyl (C=O) groups is 1. The molecule has 0 N–H and O–H groups in total. The number of esters is 1. The van der Waals surface area contributed by atoms with E-state index in [1.807, 2.05) is 0 Å². The van der Waals surface area contributed by atoms with E-state index in [1.54, 1.807) is 30.3 Å². The van der Waals surface area contributed by atoms with Gasteiger partial charge in [0.15, 0.2) is 5.69 Å². The number of alkyl halides is 3. The zero-order chi connectivity index (χ0) is 18.9. The molecule has 3 aromatic rings. The third kappa shape index (κ3) is 2.98. The molecule has 136 valence electrons. The van der Waals surface area contributed by atoms with Crippen molar-refractivity contribution in [1.29, 1.82) is 0 Å². The van der Waals surface area contributed by atoms with Gasteiger partial charge in [0.05, 0.1) is 25.6 Å². The van der Waals surface area contributed by atoms with Gasteiger partial charge in [-0.15, -0.1) is 0 Å². The lowest BCUT2D eigenvalue weighted by Crippen LogP contribution is -2.18. The Balaban J connectivity index is 2.29. The Morgan fingerprint density at radius 1 is 1.15 bits per heavy atom. The molecule has 0 amide bonds. The third-order valence-electron chi connectivity index (χ3n) is 3.84. The summed E-state index contributed by atoms with van der Waals surface area (Å²) in [6.45, 7) is 1.49. The van der Waals surface area contributed by atoms with E-state index in [0.29, 0.717) is 21.2 Å². The number of methoxy groups -OCH3 is 1. The van der Waals surface area contributed by atoms with Crippen LogP contribution in [-0.2, 0) is 10.9 Å². The van der Waals surface area contributed by atoms with E-state index in [2.05, 4.69) is 5.10 Å². The average molecular weight is 364 g/mol. The second kappa shape index (κ2) is 6.70. The van der Waals surface area contributed by atoms with E-state index in [0.717, 1.165) is 6.20 Å². The van der Waals surface area contributed by atoms with Crippen molar-refractivity contribution < 1.29 is 27.4 Å². The minimum absolute atomic E-state index is 0.0349. The molecule has 0 saturated heterocycles. The smallest absolute Gasteiger partial charge is 0.434 e. The molecular formula is C18H15F3N2O3. The molecule has 3 rings (SSSR count). The first-order valence-electron chi connectivity index (χ1n) is 7.77. The van der Waals surface area contributed by atoms with Crippen LogP contribution in [-0.4, -0.2) is 29.5 Å². The molecule has 0 saturated carbocycles. The van der Waals surface area contributed by atoms with Crippen LogP contribution in [0, 0.1) is 0 Å². The summed E-state index contributed by atoms with van der Waals surface area (Å²) in [4.78, 5) is 11.9. The van der Waals surface area contributed by atoms with E-state index < -0.39 is 23.4 Å². The van der Waals surface area contributed by atoms with Gasteiger partial charge in [-0.05, 0) is 19.1 Å². The highest BCUT2D eigenvalue weighted by Gasteiger charge is 2.41. The second-order valence-corrected chi connectivity index (χ2v) is 5.37. The van der Waals surface area contributed by atoms with E-state index >= 15 is 0 Å². The second-order valence-electron chi connectivity index (χ2n) is 5.37. The molecule has 0 spiro atoms. The van der Waals surface area contributed by atoms with Crippen LogP contribution in [0.25, 0.3) is 16.5 Å². The molecule has 0 bridgehead atoms. The van der Waals surface area contributed by atoms with Crippen molar-refractivity contribution in [3.8, 4) is 11.4 Å². The largest absolute Gasteiger partial charge is 0.496 e. The molecule has 5 nitrogen and oxygen atoms in total. The Morgan fingerprint density at radius 2 is 1.85 bits per heavy atom. The van der Waals surface area contributed by atoms with E-state index in [1.165, 1.54) is 20.1 Å². The van der Waals surface area contributed by atoms with Gasteiger partial charge in [0.25, 0.3) is 0 Å². The quantitative estimate of drug-likeness (QED) is 0.650. The van der Waals surface area contributed by atoms with Crippen molar-refractivity contribution in [3.63, 3.8) is 0 Å². The van der Waals surface area contributed by atoms with Gasteiger partial charge in [0.1, 0.15) is 11.3 Å². The van der Waals surface area contributed by atoms with Crippen LogP contribution in [0.3, 0.4) is 0 Å². The summed E-state index contributed by atoms with van der Waals surface area (Å²) in [5, 5.41) is 4.96. The Labute approximate surface area is 146 Å². The monoisotopic (exact) mass is 364 g/mol. The number of hydrogen-bond donors (Lipinski definition) is 0. The maximum absolute atomic E-state index is 13.7. The molecule has 0 unspecified atom stereocenters. The van der Waals surface area contributed by atoms with Crippen LogP contribution in [0.1, 0.15) is 23.0 Å². The Kier molecular flexibility index (Phi) is 4.58. The minimum atomic E-state index is -4.79. The molecule has 0 radical (unpaired) electrons. The summed E-state index contributed by atoms with van der Waals surface area (Å²) in [6, 6.07) is 9.89. The molecule has 0 aliphatic carbocycles. The van der Waals surface area contributed by atoms with Crippen LogP contribution >= 0.6 is 0 Å². The van der Waals surface area contributed by atoms with Gasteiger partial charge in [-0.2, -0.15) is 18.3 Å². The predicted molar refractivity (Wildman–Crippen MR) is 88.6 cm³/mol. The number of rotatable bonds is 4. The highest BCUT2D eigenvalue weighted by Crippen LogP contribution is 2.36. The zero-order valence-electron chi connectivity index (χ0n) is 14.0. The lowest BCUT2D eigenvalue weighted by molar-refractivity contribution is -0.143. The maximum atomic E-state index is 13.7. The molecule has 0 fully saturated rings. The number of fused-ring (bicyclic) bond motifs is 1. The van der Waals surface area contributed by atoms with E-state index in [9.17, 15) is 18.0 Å². The molecule has 1 aromatic heterocycles. The van der Waals surface area contributed by atoms with Crippen LogP contribution < -0.4 is 4.74 Å². The Bertz CT molecular complexity index is 964.